The van der Waals surface area contributed by atoms with Gasteiger partial charge in [-0.15, -0.1) is 11.3 Å². The maximum Gasteiger partial charge on any atom is 0.338 e. The van der Waals surface area contributed by atoms with E-state index in [2.05, 4.69) is 9.71 Å². The van der Waals surface area contributed by atoms with Crippen LogP contribution in [-0.2, 0) is 21.4 Å². The average molecular weight is 402 g/mol. The molecule has 3 rings (SSSR count). The Hall–Kier alpha value is -2.71. The van der Waals surface area contributed by atoms with E-state index in [0.717, 1.165) is 16.8 Å². The van der Waals surface area contributed by atoms with Crippen molar-refractivity contribution in [3.05, 3.63) is 70.7 Å². The van der Waals surface area contributed by atoms with Gasteiger partial charge in [-0.1, -0.05) is 35.9 Å². The van der Waals surface area contributed by atoms with Crippen LogP contribution in [0.2, 0.25) is 0 Å². The molecule has 0 saturated heterocycles. The molecule has 0 amide bonds. The highest BCUT2D eigenvalue weighted by molar-refractivity contribution is 7.92. The average Bonchev–Trinajstić information content (AvgIpc) is 3.08. The van der Waals surface area contributed by atoms with Crippen LogP contribution in [0.3, 0.4) is 0 Å². The Morgan fingerprint density at radius 2 is 1.93 bits per heavy atom. The molecule has 0 spiro atoms. The lowest BCUT2D eigenvalue weighted by Crippen LogP contribution is -2.11. The molecule has 2 aromatic carbocycles. The number of anilines is 1. The van der Waals surface area contributed by atoms with Crippen LogP contribution < -0.4 is 4.72 Å². The molecular formula is C19H18N2O4S2. The molecule has 140 valence electrons. The third kappa shape index (κ3) is 5.38. The van der Waals surface area contributed by atoms with Crippen molar-refractivity contribution in [1.29, 1.82) is 0 Å². The standard InChI is InChI=1S/C19H18N2O4S2/c1-13-6-8-14(9-7-13)18-20-17(12-26-18)11-25-19(22)15-4-3-5-16(10-15)21-27(2,23)24/h3-10,12,21H,11H2,1-2H3. The van der Waals surface area contributed by atoms with E-state index in [-0.39, 0.29) is 12.2 Å². The predicted octanol–water partition coefficient (Wildman–Crippen LogP) is 3.85. The number of thiazole rings is 1. The Kier molecular flexibility index (Phi) is 5.57. The first-order valence-corrected chi connectivity index (χ1v) is 10.8. The highest BCUT2D eigenvalue weighted by atomic mass is 32.2. The van der Waals surface area contributed by atoms with Crippen LogP contribution in [0.15, 0.2) is 53.9 Å². The lowest BCUT2D eigenvalue weighted by molar-refractivity contribution is 0.0468. The number of aromatic nitrogens is 1. The molecule has 0 fully saturated rings. The number of benzene rings is 2. The molecule has 0 unspecified atom stereocenters. The molecule has 0 aliphatic carbocycles. The first kappa shape index (κ1) is 19.1. The van der Waals surface area contributed by atoms with E-state index in [1.807, 2.05) is 36.6 Å². The molecule has 27 heavy (non-hydrogen) atoms. The maximum absolute atomic E-state index is 12.2. The van der Waals surface area contributed by atoms with Crippen LogP contribution in [0.1, 0.15) is 21.6 Å². The highest BCUT2D eigenvalue weighted by Gasteiger charge is 2.11. The van der Waals surface area contributed by atoms with Gasteiger partial charge in [-0.25, -0.2) is 18.2 Å². The molecule has 0 radical (unpaired) electrons. The van der Waals surface area contributed by atoms with Crippen molar-refractivity contribution in [3.8, 4) is 10.6 Å². The first-order chi connectivity index (χ1) is 12.8. The van der Waals surface area contributed by atoms with Gasteiger partial charge in [0, 0.05) is 16.6 Å². The molecule has 1 heterocycles. The minimum Gasteiger partial charge on any atom is -0.456 e. The van der Waals surface area contributed by atoms with Gasteiger partial charge in [0.05, 0.1) is 17.5 Å². The van der Waals surface area contributed by atoms with Crippen LogP contribution in [0.25, 0.3) is 10.6 Å². The van der Waals surface area contributed by atoms with Crippen molar-refractivity contribution >= 4 is 33.0 Å². The number of sulfonamides is 1. The predicted molar refractivity (Wildman–Crippen MR) is 106 cm³/mol. The molecular weight excluding hydrogens is 384 g/mol. The number of ether oxygens (including phenoxy) is 1. The molecule has 0 aliphatic rings. The van der Waals surface area contributed by atoms with Crippen molar-refractivity contribution in [2.75, 3.05) is 11.0 Å². The second kappa shape index (κ2) is 7.89. The van der Waals surface area contributed by atoms with E-state index in [9.17, 15) is 13.2 Å². The number of carbonyl (C=O) groups is 1. The first-order valence-electron chi connectivity index (χ1n) is 8.06. The van der Waals surface area contributed by atoms with Gasteiger partial charge in [0.2, 0.25) is 10.0 Å². The smallest absolute Gasteiger partial charge is 0.338 e. The zero-order valence-electron chi connectivity index (χ0n) is 14.8. The lowest BCUT2D eigenvalue weighted by Gasteiger charge is -2.06. The summed E-state index contributed by atoms with van der Waals surface area (Å²) in [5, 5.41) is 2.71. The normalized spacial score (nSPS) is 11.2. The van der Waals surface area contributed by atoms with E-state index in [0.29, 0.717) is 11.4 Å². The van der Waals surface area contributed by atoms with Gasteiger partial charge >= 0.3 is 5.97 Å². The number of hydrogen-bond acceptors (Lipinski definition) is 6. The minimum atomic E-state index is -3.41. The van der Waals surface area contributed by atoms with Crippen molar-refractivity contribution in [3.63, 3.8) is 0 Å². The van der Waals surface area contributed by atoms with Gasteiger partial charge in [0.15, 0.2) is 0 Å². The van der Waals surface area contributed by atoms with Gasteiger partial charge in [0.25, 0.3) is 0 Å². The van der Waals surface area contributed by atoms with E-state index in [4.69, 9.17) is 4.74 Å². The summed E-state index contributed by atoms with van der Waals surface area (Å²) in [6.07, 6.45) is 1.05. The van der Waals surface area contributed by atoms with Crippen LogP contribution in [0.5, 0.6) is 0 Å². The second-order valence-electron chi connectivity index (χ2n) is 6.04. The summed E-state index contributed by atoms with van der Waals surface area (Å²) in [6, 6.07) is 14.2. The molecule has 0 bridgehead atoms. The SMILES string of the molecule is Cc1ccc(-c2nc(COC(=O)c3cccc(NS(C)(=O)=O)c3)cs2)cc1. The number of esters is 1. The fraction of sp³-hybridized carbons (Fsp3) is 0.158. The summed E-state index contributed by atoms with van der Waals surface area (Å²) >= 11 is 1.49. The van der Waals surface area contributed by atoms with E-state index >= 15 is 0 Å². The van der Waals surface area contributed by atoms with Gasteiger partial charge in [-0.05, 0) is 25.1 Å². The van der Waals surface area contributed by atoms with Gasteiger partial charge < -0.3 is 4.74 Å². The molecule has 0 saturated carbocycles. The van der Waals surface area contributed by atoms with E-state index in [1.54, 1.807) is 18.2 Å². The van der Waals surface area contributed by atoms with Crippen molar-refractivity contribution < 1.29 is 17.9 Å². The number of nitrogens with one attached hydrogen (secondary N) is 1. The van der Waals surface area contributed by atoms with Crippen LogP contribution >= 0.6 is 11.3 Å². The van der Waals surface area contributed by atoms with E-state index < -0.39 is 16.0 Å². The fourth-order valence-electron chi connectivity index (χ4n) is 2.35. The summed E-state index contributed by atoms with van der Waals surface area (Å²) in [5.74, 6) is -0.544. The summed E-state index contributed by atoms with van der Waals surface area (Å²) in [5.41, 5.74) is 3.43. The second-order valence-corrected chi connectivity index (χ2v) is 8.65. The number of hydrogen-bond donors (Lipinski definition) is 1. The number of aryl methyl sites for hydroxylation is 1. The van der Waals surface area contributed by atoms with Crippen molar-refractivity contribution in [2.24, 2.45) is 0 Å². The van der Waals surface area contributed by atoms with Crippen LogP contribution in [0, 0.1) is 6.92 Å². The maximum atomic E-state index is 12.2. The number of carbonyl (C=O) groups excluding carboxylic acids is 1. The molecule has 8 heteroatoms. The quantitative estimate of drug-likeness (QED) is 0.633. The Labute approximate surface area is 161 Å². The van der Waals surface area contributed by atoms with Gasteiger partial charge in [-0.2, -0.15) is 0 Å². The Bertz CT molecular complexity index is 1060. The molecule has 3 aromatic rings. The van der Waals surface area contributed by atoms with Crippen molar-refractivity contribution in [2.45, 2.75) is 13.5 Å². The third-order valence-electron chi connectivity index (χ3n) is 3.60. The summed E-state index contributed by atoms with van der Waals surface area (Å²) < 4.78 is 30.2. The number of rotatable bonds is 6. The molecule has 1 aromatic heterocycles. The van der Waals surface area contributed by atoms with E-state index in [1.165, 1.54) is 23.0 Å². The zero-order chi connectivity index (χ0) is 19.4. The molecule has 1 N–H and O–H groups in total. The van der Waals surface area contributed by atoms with Crippen molar-refractivity contribution in [1.82, 2.24) is 4.98 Å². The minimum absolute atomic E-state index is 0.0466. The molecule has 0 aliphatic heterocycles. The zero-order valence-corrected chi connectivity index (χ0v) is 16.4. The van der Waals surface area contributed by atoms with Gasteiger partial charge in [-0.3, -0.25) is 4.72 Å². The third-order valence-corrected chi connectivity index (χ3v) is 5.15. The topological polar surface area (TPSA) is 85.4 Å². The fourth-order valence-corrected chi connectivity index (χ4v) is 3.71. The summed E-state index contributed by atoms with van der Waals surface area (Å²) in [6.45, 7) is 2.07. The van der Waals surface area contributed by atoms with Gasteiger partial charge in [0.1, 0.15) is 11.6 Å². The Morgan fingerprint density at radius 1 is 1.19 bits per heavy atom. The Morgan fingerprint density at radius 3 is 2.63 bits per heavy atom. The number of nitrogens with zero attached hydrogens (tertiary/aromatic N) is 1. The summed E-state index contributed by atoms with van der Waals surface area (Å²) in [7, 11) is -3.41. The molecule has 0 atom stereocenters. The summed E-state index contributed by atoms with van der Waals surface area (Å²) in [4.78, 5) is 16.7. The Balaban J connectivity index is 1.64. The van der Waals surface area contributed by atoms with Crippen LogP contribution in [0.4, 0.5) is 5.69 Å². The van der Waals surface area contributed by atoms with Crippen LogP contribution in [-0.4, -0.2) is 25.6 Å². The largest absolute Gasteiger partial charge is 0.456 e. The molecule has 6 nitrogen and oxygen atoms in total. The lowest BCUT2D eigenvalue weighted by atomic mass is 10.2. The monoisotopic (exact) mass is 402 g/mol. The highest BCUT2D eigenvalue weighted by Crippen LogP contribution is 2.24.